The number of rotatable bonds is 8. The molecule has 202 valence electrons. The molecular weight excluding hydrogens is 500 g/mol. The van der Waals surface area contributed by atoms with Gasteiger partial charge in [0.05, 0.1) is 17.0 Å². The highest BCUT2D eigenvalue weighted by molar-refractivity contribution is 7.90. The normalized spacial score (nSPS) is 17.1. The molecule has 10 heteroatoms. The average Bonchev–Trinajstić information content (AvgIpc) is 3.13. The van der Waals surface area contributed by atoms with Gasteiger partial charge < -0.3 is 10.6 Å². The van der Waals surface area contributed by atoms with Gasteiger partial charge in [0.15, 0.2) is 5.03 Å². The summed E-state index contributed by atoms with van der Waals surface area (Å²) in [7, 11) is -4.24. The Hall–Kier alpha value is -3.53. The summed E-state index contributed by atoms with van der Waals surface area (Å²) in [6.45, 7) is 11.4. The number of hydrogen-bond donors (Lipinski definition) is 2. The minimum atomic E-state index is -4.24. The number of aryl methyl sites for hydroxylation is 1. The lowest BCUT2D eigenvalue weighted by Crippen LogP contribution is -2.41. The highest BCUT2D eigenvalue weighted by atomic mass is 32.2. The Morgan fingerprint density at radius 1 is 1.08 bits per heavy atom. The number of aromatic nitrogens is 3. The first-order valence-corrected chi connectivity index (χ1v) is 14.4. The second-order valence-corrected chi connectivity index (χ2v) is 12.7. The van der Waals surface area contributed by atoms with Crippen molar-refractivity contribution in [2.24, 2.45) is 11.8 Å². The summed E-state index contributed by atoms with van der Waals surface area (Å²) < 4.78 is 28.0. The van der Waals surface area contributed by atoms with Gasteiger partial charge in [-0.3, -0.25) is 9.78 Å². The molecule has 3 aromatic rings. The molecule has 3 N–H and O–H groups in total. The van der Waals surface area contributed by atoms with Crippen LogP contribution in [0, 0.1) is 11.8 Å². The zero-order valence-electron chi connectivity index (χ0n) is 22.6. The van der Waals surface area contributed by atoms with E-state index >= 15 is 0 Å². The Kier molecular flexibility index (Phi) is 7.73. The standard InChI is InChI=1S/C28H36N6O3S/c1-18(2)12-13-20-8-6-9-22(30-20)23-15-14-21(26(31-23)34-17-19(3)16-28(34,4)5)27(35)33-38(36,37)25-11-7-10-24(29)32-25/h6-11,14-15,18-19H,12-13,16-17H2,1-5H3,(H2,29,32)(H,33,35). The van der Waals surface area contributed by atoms with E-state index in [1.807, 2.05) is 18.2 Å². The maximum absolute atomic E-state index is 13.4. The Morgan fingerprint density at radius 2 is 1.79 bits per heavy atom. The Bertz CT molecular complexity index is 1440. The smallest absolute Gasteiger partial charge is 0.281 e. The lowest BCUT2D eigenvalue weighted by molar-refractivity contribution is 0.0981. The molecule has 0 radical (unpaired) electrons. The molecule has 1 fully saturated rings. The second-order valence-electron chi connectivity index (χ2n) is 11.1. The fourth-order valence-corrected chi connectivity index (χ4v) is 5.88. The molecule has 4 heterocycles. The highest BCUT2D eigenvalue weighted by Gasteiger charge is 2.39. The molecular formula is C28H36N6O3S. The van der Waals surface area contributed by atoms with Gasteiger partial charge >= 0.3 is 0 Å². The van der Waals surface area contributed by atoms with E-state index in [1.165, 1.54) is 18.2 Å². The summed E-state index contributed by atoms with van der Waals surface area (Å²) in [4.78, 5) is 29.1. The van der Waals surface area contributed by atoms with E-state index in [2.05, 4.69) is 49.2 Å². The van der Waals surface area contributed by atoms with Gasteiger partial charge in [0, 0.05) is 17.8 Å². The van der Waals surface area contributed by atoms with Crippen molar-refractivity contribution in [2.45, 2.75) is 64.4 Å². The summed E-state index contributed by atoms with van der Waals surface area (Å²) in [5, 5.41) is -0.325. The minimum absolute atomic E-state index is 0.0444. The molecule has 4 rings (SSSR count). The van der Waals surface area contributed by atoms with Crippen LogP contribution >= 0.6 is 0 Å². The molecule has 1 unspecified atom stereocenters. The third-order valence-electron chi connectivity index (χ3n) is 6.74. The molecule has 9 nitrogen and oxygen atoms in total. The van der Waals surface area contributed by atoms with Crippen LogP contribution < -0.4 is 15.4 Å². The average molecular weight is 537 g/mol. The lowest BCUT2D eigenvalue weighted by atomic mass is 9.97. The largest absolute Gasteiger partial charge is 0.384 e. The van der Waals surface area contributed by atoms with Gasteiger partial charge in [-0.25, -0.2) is 14.7 Å². The predicted molar refractivity (Wildman–Crippen MR) is 149 cm³/mol. The summed E-state index contributed by atoms with van der Waals surface area (Å²) in [5.74, 6) is 0.643. The lowest BCUT2D eigenvalue weighted by Gasteiger charge is -2.34. The van der Waals surface area contributed by atoms with Crippen molar-refractivity contribution in [3.05, 3.63) is 59.8 Å². The molecule has 0 saturated carbocycles. The fourth-order valence-electron chi connectivity index (χ4n) is 4.94. The number of amides is 1. The van der Waals surface area contributed by atoms with Crippen LogP contribution in [0.1, 0.15) is 63.5 Å². The van der Waals surface area contributed by atoms with Crippen molar-refractivity contribution in [3.8, 4) is 11.4 Å². The Balaban J connectivity index is 1.74. The van der Waals surface area contributed by atoms with E-state index in [0.29, 0.717) is 35.6 Å². The number of nitrogen functional groups attached to an aromatic ring is 1. The van der Waals surface area contributed by atoms with Gasteiger partial charge in [-0.2, -0.15) is 8.42 Å². The van der Waals surface area contributed by atoms with Gasteiger partial charge in [-0.15, -0.1) is 0 Å². The topological polar surface area (TPSA) is 131 Å². The number of nitrogens with one attached hydrogen (secondary N) is 1. The van der Waals surface area contributed by atoms with Crippen molar-refractivity contribution < 1.29 is 13.2 Å². The van der Waals surface area contributed by atoms with Crippen LogP contribution in [0.4, 0.5) is 11.6 Å². The first-order valence-electron chi connectivity index (χ1n) is 12.9. The Labute approximate surface area is 225 Å². The summed E-state index contributed by atoms with van der Waals surface area (Å²) in [6, 6.07) is 13.4. The molecule has 0 aliphatic carbocycles. The molecule has 3 aromatic heterocycles. The number of carbonyl (C=O) groups is 1. The second kappa shape index (κ2) is 10.7. The SMILES string of the molecule is CC(C)CCc1cccc(-c2ccc(C(=O)NS(=O)(=O)c3cccc(N)n3)c(N3CC(C)CC3(C)C)n2)n1. The predicted octanol–water partition coefficient (Wildman–Crippen LogP) is 4.45. The molecule has 38 heavy (non-hydrogen) atoms. The van der Waals surface area contributed by atoms with Gasteiger partial charge in [0.1, 0.15) is 11.6 Å². The van der Waals surface area contributed by atoms with Crippen molar-refractivity contribution in [3.63, 3.8) is 0 Å². The van der Waals surface area contributed by atoms with Crippen molar-refractivity contribution in [1.29, 1.82) is 0 Å². The number of hydrogen-bond acceptors (Lipinski definition) is 8. The van der Waals surface area contributed by atoms with Crippen LogP contribution in [-0.4, -0.2) is 41.4 Å². The first-order chi connectivity index (χ1) is 17.9. The molecule has 1 amide bonds. The number of carbonyl (C=O) groups excluding carboxylic acids is 1. The molecule has 1 atom stereocenters. The van der Waals surface area contributed by atoms with Gasteiger partial charge in [-0.05, 0) is 81.3 Å². The van der Waals surface area contributed by atoms with Gasteiger partial charge in [0.25, 0.3) is 15.9 Å². The van der Waals surface area contributed by atoms with Crippen molar-refractivity contribution in [1.82, 2.24) is 19.7 Å². The van der Waals surface area contributed by atoms with E-state index in [0.717, 1.165) is 25.0 Å². The summed E-state index contributed by atoms with van der Waals surface area (Å²) >= 11 is 0. The molecule has 1 aliphatic heterocycles. The van der Waals surface area contributed by atoms with Crippen LogP contribution in [0.15, 0.2) is 53.6 Å². The zero-order chi connectivity index (χ0) is 27.7. The quantitative estimate of drug-likeness (QED) is 0.432. The number of sulfonamides is 1. The third kappa shape index (κ3) is 6.12. The van der Waals surface area contributed by atoms with E-state index in [1.54, 1.807) is 12.1 Å². The summed E-state index contributed by atoms with van der Waals surface area (Å²) in [6.07, 6.45) is 2.81. The van der Waals surface area contributed by atoms with Crippen LogP contribution in [-0.2, 0) is 16.4 Å². The van der Waals surface area contributed by atoms with Crippen molar-refractivity contribution in [2.75, 3.05) is 17.2 Å². The number of pyridine rings is 3. The number of anilines is 2. The molecule has 0 bridgehead atoms. The first kappa shape index (κ1) is 27.5. The van der Waals surface area contributed by atoms with Crippen LogP contribution in [0.3, 0.4) is 0 Å². The van der Waals surface area contributed by atoms with Crippen LogP contribution in [0.5, 0.6) is 0 Å². The maximum atomic E-state index is 13.4. The highest BCUT2D eigenvalue weighted by Crippen LogP contribution is 2.38. The maximum Gasteiger partial charge on any atom is 0.281 e. The van der Waals surface area contributed by atoms with Gasteiger partial charge in [-0.1, -0.05) is 32.9 Å². The number of nitrogens with zero attached hydrogens (tertiary/aromatic N) is 4. The zero-order valence-corrected chi connectivity index (χ0v) is 23.4. The molecule has 1 aliphatic rings. The monoisotopic (exact) mass is 536 g/mol. The molecule has 0 aromatic carbocycles. The molecule has 0 spiro atoms. The van der Waals surface area contributed by atoms with Gasteiger partial charge in [0.2, 0.25) is 0 Å². The fraction of sp³-hybridized carbons (Fsp3) is 0.429. The van der Waals surface area contributed by atoms with E-state index in [9.17, 15) is 13.2 Å². The van der Waals surface area contributed by atoms with E-state index < -0.39 is 15.9 Å². The summed E-state index contributed by atoms with van der Waals surface area (Å²) in [5.41, 5.74) is 7.86. The Morgan fingerprint density at radius 3 is 2.45 bits per heavy atom. The van der Waals surface area contributed by atoms with Crippen LogP contribution in [0.2, 0.25) is 0 Å². The van der Waals surface area contributed by atoms with E-state index in [4.69, 9.17) is 15.7 Å². The molecule has 1 saturated heterocycles. The number of nitrogens with two attached hydrogens (primary N) is 1. The third-order valence-corrected chi connectivity index (χ3v) is 7.98. The van der Waals surface area contributed by atoms with Crippen molar-refractivity contribution >= 4 is 27.6 Å². The van der Waals surface area contributed by atoms with E-state index in [-0.39, 0.29) is 21.9 Å². The minimum Gasteiger partial charge on any atom is -0.384 e. The van der Waals surface area contributed by atoms with Crippen LogP contribution in [0.25, 0.3) is 11.4 Å².